The number of nitrogens with zero attached hydrogens (tertiary/aromatic N) is 4. The largest absolute Gasteiger partial charge is 0.406 e. The fourth-order valence-corrected chi connectivity index (χ4v) is 1.28. The van der Waals surface area contributed by atoms with E-state index in [1.165, 1.54) is 6.33 Å². The predicted octanol–water partition coefficient (Wildman–Crippen LogP) is -0.277. The van der Waals surface area contributed by atoms with E-state index in [4.69, 9.17) is 5.73 Å². The van der Waals surface area contributed by atoms with Crippen LogP contribution in [0.15, 0.2) is 6.33 Å². The SMILES string of the molecule is CN(CCN)c1c([N+](=O)[O-])ncn1C. The number of nitro groups is 1. The molecule has 1 aromatic rings. The van der Waals surface area contributed by atoms with Crippen LogP contribution in [0.1, 0.15) is 0 Å². The third-order valence-electron chi connectivity index (χ3n) is 1.89. The van der Waals surface area contributed by atoms with Gasteiger partial charge in [0.1, 0.15) is 0 Å². The predicted molar refractivity (Wildman–Crippen MR) is 52.2 cm³/mol. The van der Waals surface area contributed by atoms with Gasteiger partial charge in [-0.05, 0) is 9.91 Å². The van der Waals surface area contributed by atoms with Crippen molar-refractivity contribution in [3.05, 3.63) is 16.4 Å². The van der Waals surface area contributed by atoms with Gasteiger partial charge in [0.25, 0.3) is 0 Å². The Morgan fingerprint density at radius 2 is 2.43 bits per heavy atom. The van der Waals surface area contributed by atoms with Gasteiger partial charge in [-0.3, -0.25) is 4.57 Å². The Morgan fingerprint density at radius 3 is 2.93 bits per heavy atom. The molecule has 0 atom stereocenters. The summed E-state index contributed by atoms with van der Waals surface area (Å²) in [7, 11) is 3.46. The number of hydrogen-bond donors (Lipinski definition) is 1. The lowest BCUT2D eigenvalue weighted by atomic mass is 10.5. The Hall–Kier alpha value is -1.63. The van der Waals surface area contributed by atoms with Crippen LogP contribution in [-0.4, -0.2) is 34.6 Å². The molecular formula is C7H13N5O2. The van der Waals surface area contributed by atoms with E-state index < -0.39 is 4.92 Å². The molecule has 0 aromatic carbocycles. The van der Waals surface area contributed by atoms with Crippen LogP contribution in [0, 0.1) is 10.1 Å². The van der Waals surface area contributed by atoms with Crippen LogP contribution in [0.4, 0.5) is 11.6 Å². The van der Waals surface area contributed by atoms with Crippen molar-refractivity contribution in [1.82, 2.24) is 9.55 Å². The average molecular weight is 199 g/mol. The minimum absolute atomic E-state index is 0.136. The minimum atomic E-state index is -0.498. The molecule has 0 saturated heterocycles. The molecule has 14 heavy (non-hydrogen) atoms. The molecule has 7 nitrogen and oxygen atoms in total. The van der Waals surface area contributed by atoms with Crippen molar-refractivity contribution in [3.63, 3.8) is 0 Å². The second kappa shape index (κ2) is 4.05. The number of nitrogens with two attached hydrogens (primary N) is 1. The molecule has 0 saturated carbocycles. The first-order valence-corrected chi connectivity index (χ1v) is 4.14. The topological polar surface area (TPSA) is 90.2 Å². The molecule has 1 rings (SSSR count). The lowest BCUT2D eigenvalue weighted by molar-refractivity contribution is -0.388. The molecule has 0 aliphatic rings. The Balaban J connectivity index is 3.04. The number of anilines is 1. The van der Waals surface area contributed by atoms with Gasteiger partial charge >= 0.3 is 5.82 Å². The lowest BCUT2D eigenvalue weighted by Crippen LogP contribution is -2.27. The summed E-state index contributed by atoms with van der Waals surface area (Å²) in [6.07, 6.45) is 1.42. The van der Waals surface area contributed by atoms with Gasteiger partial charge in [0.2, 0.25) is 12.1 Å². The van der Waals surface area contributed by atoms with Crippen LogP contribution in [-0.2, 0) is 7.05 Å². The van der Waals surface area contributed by atoms with Crippen LogP contribution >= 0.6 is 0 Å². The fraction of sp³-hybridized carbons (Fsp3) is 0.571. The average Bonchev–Trinajstić information content (AvgIpc) is 2.47. The van der Waals surface area contributed by atoms with E-state index in [2.05, 4.69) is 4.98 Å². The highest BCUT2D eigenvalue weighted by atomic mass is 16.6. The van der Waals surface area contributed by atoms with E-state index >= 15 is 0 Å². The van der Waals surface area contributed by atoms with Gasteiger partial charge < -0.3 is 20.7 Å². The molecule has 1 aromatic heterocycles. The molecule has 7 heteroatoms. The Labute approximate surface area is 81.3 Å². The van der Waals surface area contributed by atoms with Crippen LogP contribution in [0.25, 0.3) is 0 Å². The van der Waals surface area contributed by atoms with Crippen LogP contribution in [0.3, 0.4) is 0 Å². The van der Waals surface area contributed by atoms with Crippen molar-refractivity contribution in [1.29, 1.82) is 0 Å². The van der Waals surface area contributed by atoms with E-state index in [1.807, 2.05) is 0 Å². The number of likely N-dealkylation sites (N-methyl/N-ethyl adjacent to an activating group) is 1. The summed E-state index contributed by atoms with van der Waals surface area (Å²) in [6.45, 7) is 0.999. The molecule has 0 radical (unpaired) electrons. The summed E-state index contributed by atoms with van der Waals surface area (Å²) < 4.78 is 1.60. The Kier molecular flexibility index (Phi) is 3.03. The summed E-state index contributed by atoms with van der Waals surface area (Å²) in [6, 6.07) is 0. The highest BCUT2D eigenvalue weighted by Crippen LogP contribution is 2.23. The number of aromatic nitrogens is 2. The molecule has 0 amide bonds. The van der Waals surface area contributed by atoms with Crippen LogP contribution in [0.2, 0.25) is 0 Å². The summed E-state index contributed by atoms with van der Waals surface area (Å²) in [5.74, 6) is 0.337. The molecule has 0 aliphatic carbocycles. The quantitative estimate of drug-likeness (QED) is 0.532. The summed E-state index contributed by atoms with van der Waals surface area (Å²) in [5.41, 5.74) is 5.37. The highest BCUT2D eigenvalue weighted by molar-refractivity contribution is 5.53. The summed E-state index contributed by atoms with van der Waals surface area (Å²) >= 11 is 0. The Morgan fingerprint density at radius 1 is 1.79 bits per heavy atom. The number of rotatable bonds is 4. The van der Waals surface area contributed by atoms with E-state index in [1.54, 1.807) is 23.6 Å². The van der Waals surface area contributed by atoms with Crippen molar-refractivity contribution in [2.75, 3.05) is 25.0 Å². The van der Waals surface area contributed by atoms with Crippen molar-refractivity contribution >= 4 is 11.6 Å². The zero-order chi connectivity index (χ0) is 10.7. The number of imidazole rings is 1. The van der Waals surface area contributed by atoms with Crippen molar-refractivity contribution < 1.29 is 4.92 Å². The van der Waals surface area contributed by atoms with E-state index in [0.717, 1.165) is 0 Å². The maximum Gasteiger partial charge on any atom is 0.406 e. The zero-order valence-corrected chi connectivity index (χ0v) is 8.17. The van der Waals surface area contributed by atoms with Gasteiger partial charge in [-0.1, -0.05) is 0 Å². The first-order valence-electron chi connectivity index (χ1n) is 4.14. The third kappa shape index (κ3) is 1.82. The van der Waals surface area contributed by atoms with Gasteiger partial charge in [-0.25, -0.2) is 0 Å². The second-order valence-electron chi connectivity index (χ2n) is 2.97. The molecule has 2 N–H and O–H groups in total. The molecule has 0 fully saturated rings. The van der Waals surface area contributed by atoms with E-state index in [9.17, 15) is 10.1 Å². The first-order chi connectivity index (χ1) is 6.57. The molecule has 0 unspecified atom stereocenters. The Bertz CT molecular complexity index is 335. The van der Waals surface area contributed by atoms with Crippen LogP contribution in [0.5, 0.6) is 0 Å². The molecular weight excluding hydrogens is 186 g/mol. The maximum atomic E-state index is 10.6. The lowest BCUT2D eigenvalue weighted by Gasteiger charge is -2.16. The molecule has 78 valence electrons. The molecule has 0 aliphatic heterocycles. The zero-order valence-electron chi connectivity index (χ0n) is 8.17. The number of aryl methyl sites for hydroxylation is 1. The maximum absolute atomic E-state index is 10.6. The second-order valence-corrected chi connectivity index (χ2v) is 2.97. The van der Waals surface area contributed by atoms with E-state index in [0.29, 0.717) is 18.9 Å². The first kappa shape index (κ1) is 10.5. The van der Waals surface area contributed by atoms with Crippen molar-refractivity contribution in [2.24, 2.45) is 12.8 Å². The fourth-order valence-electron chi connectivity index (χ4n) is 1.28. The van der Waals surface area contributed by atoms with Gasteiger partial charge in [0, 0.05) is 27.2 Å². The number of hydrogen-bond acceptors (Lipinski definition) is 5. The highest BCUT2D eigenvalue weighted by Gasteiger charge is 2.22. The van der Waals surface area contributed by atoms with Crippen LogP contribution < -0.4 is 10.6 Å². The van der Waals surface area contributed by atoms with E-state index in [-0.39, 0.29) is 5.82 Å². The minimum Gasteiger partial charge on any atom is -0.358 e. The van der Waals surface area contributed by atoms with Gasteiger partial charge in [-0.2, -0.15) is 0 Å². The monoisotopic (exact) mass is 199 g/mol. The molecule has 0 spiro atoms. The van der Waals surface area contributed by atoms with Crippen molar-refractivity contribution in [3.8, 4) is 0 Å². The third-order valence-corrected chi connectivity index (χ3v) is 1.89. The normalized spacial score (nSPS) is 10.2. The molecule has 1 heterocycles. The van der Waals surface area contributed by atoms with Crippen molar-refractivity contribution in [2.45, 2.75) is 0 Å². The standard InChI is InChI=1S/C7H13N5O2/c1-10(4-3-8)7-6(12(13)14)9-5-11(7)2/h5H,3-4,8H2,1-2H3. The van der Waals surface area contributed by atoms with Gasteiger partial charge in [0.05, 0.1) is 0 Å². The van der Waals surface area contributed by atoms with Gasteiger partial charge in [-0.15, -0.1) is 0 Å². The molecule has 0 bridgehead atoms. The smallest absolute Gasteiger partial charge is 0.358 e. The summed E-state index contributed by atoms with van der Waals surface area (Å²) in [5, 5.41) is 10.6. The van der Waals surface area contributed by atoms with Gasteiger partial charge in [0.15, 0.2) is 0 Å². The summed E-state index contributed by atoms with van der Waals surface area (Å²) in [4.78, 5) is 15.5.